The lowest BCUT2D eigenvalue weighted by Crippen LogP contribution is -2.31. The maximum absolute atomic E-state index is 11.7. The van der Waals surface area contributed by atoms with Gasteiger partial charge in [0.15, 0.2) is 5.69 Å². The van der Waals surface area contributed by atoms with Crippen molar-refractivity contribution >= 4 is 5.91 Å². The molecule has 0 bridgehead atoms. The van der Waals surface area contributed by atoms with Gasteiger partial charge in [0.1, 0.15) is 0 Å². The summed E-state index contributed by atoms with van der Waals surface area (Å²) in [4.78, 5) is 11.7. The Bertz CT molecular complexity index is 370. The number of piperidine rings is 1. The van der Waals surface area contributed by atoms with Crippen LogP contribution in [-0.2, 0) is 7.05 Å². The molecule has 6 nitrogen and oxygen atoms in total. The lowest BCUT2D eigenvalue weighted by molar-refractivity contribution is 0.0945. The van der Waals surface area contributed by atoms with E-state index in [0.717, 1.165) is 32.0 Å². The Labute approximate surface area is 101 Å². The summed E-state index contributed by atoms with van der Waals surface area (Å²) in [7, 11) is 1.75. The average Bonchev–Trinajstić information content (AvgIpc) is 2.77. The Hall–Kier alpha value is -1.43. The third-order valence-corrected chi connectivity index (χ3v) is 3.13. The number of hydrogen-bond donors (Lipinski definition) is 2. The molecule has 6 heteroatoms. The van der Waals surface area contributed by atoms with Gasteiger partial charge >= 0.3 is 0 Å². The number of carbonyl (C=O) groups is 1. The van der Waals surface area contributed by atoms with Gasteiger partial charge < -0.3 is 10.6 Å². The molecule has 1 aromatic rings. The van der Waals surface area contributed by atoms with Crippen molar-refractivity contribution in [3.8, 4) is 0 Å². The van der Waals surface area contributed by atoms with Gasteiger partial charge in [0, 0.05) is 13.6 Å². The summed E-state index contributed by atoms with van der Waals surface area (Å²) >= 11 is 0. The topological polar surface area (TPSA) is 71.8 Å². The van der Waals surface area contributed by atoms with Gasteiger partial charge in [0.05, 0.1) is 6.20 Å². The lowest BCUT2D eigenvalue weighted by atomic mass is 9.95. The molecule has 1 saturated heterocycles. The van der Waals surface area contributed by atoms with E-state index in [1.165, 1.54) is 17.5 Å². The average molecular weight is 237 g/mol. The molecule has 0 aliphatic carbocycles. The highest BCUT2D eigenvalue weighted by Gasteiger charge is 2.14. The Morgan fingerprint density at radius 3 is 3.00 bits per heavy atom. The standard InChI is InChI=1S/C11H19N5O/c1-16-8-10(14-15-16)11(17)13-7-4-9-2-5-12-6-3-9/h8-9,12H,2-7H2,1H3,(H,13,17). The van der Waals surface area contributed by atoms with E-state index in [1.807, 2.05) is 0 Å². The molecule has 0 saturated carbocycles. The van der Waals surface area contributed by atoms with Crippen LogP contribution in [0.5, 0.6) is 0 Å². The van der Waals surface area contributed by atoms with E-state index in [1.54, 1.807) is 13.2 Å². The molecular formula is C11H19N5O. The third-order valence-electron chi connectivity index (χ3n) is 3.13. The summed E-state index contributed by atoms with van der Waals surface area (Å²) in [6, 6.07) is 0. The number of rotatable bonds is 4. The summed E-state index contributed by atoms with van der Waals surface area (Å²) in [6.07, 6.45) is 5.09. The zero-order valence-corrected chi connectivity index (χ0v) is 10.1. The summed E-state index contributed by atoms with van der Waals surface area (Å²) < 4.78 is 1.53. The maximum atomic E-state index is 11.7. The molecular weight excluding hydrogens is 218 g/mol. The SMILES string of the molecule is Cn1cc(C(=O)NCCC2CCNCC2)nn1. The molecule has 2 rings (SSSR count). The third kappa shape index (κ3) is 3.52. The van der Waals surface area contributed by atoms with Crippen molar-refractivity contribution in [2.75, 3.05) is 19.6 Å². The van der Waals surface area contributed by atoms with E-state index in [9.17, 15) is 4.79 Å². The highest BCUT2D eigenvalue weighted by molar-refractivity contribution is 5.91. The van der Waals surface area contributed by atoms with Gasteiger partial charge in [-0.1, -0.05) is 5.21 Å². The largest absolute Gasteiger partial charge is 0.351 e. The van der Waals surface area contributed by atoms with E-state index < -0.39 is 0 Å². The molecule has 0 aromatic carbocycles. The van der Waals surface area contributed by atoms with Crippen LogP contribution in [0.2, 0.25) is 0 Å². The predicted octanol–water partition coefficient (Wildman–Crippen LogP) is -0.0654. The lowest BCUT2D eigenvalue weighted by Gasteiger charge is -2.22. The molecule has 94 valence electrons. The number of hydrogen-bond acceptors (Lipinski definition) is 4. The smallest absolute Gasteiger partial charge is 0.273 e. The van der Waals surface area contributed by atoms with Crippen LogP contribution in [0.1, 0.15) is 29.8 Å². The van der Waals surface area contributed by atoms with Crippen molar-refractivity contribution in [3.63, 3.8) is 0 Å². The highest BCUT2D eigenvalue weighted by atomic mass is 16.1. The van der Waals surface area contributed by atoms with E-state index in [-0.39, 0.29) is 5.91 Å². The number of aromatic nitrogens is 3. The van der Waals surface area contributed by atoms with Crippen LogP contribution in [0.3, 0.4) is 0 Å². The fraction of sp³-hybridized carbons (Fsp3) is 0.727. The molecule has 1 fully saturated rings. The first-order valence-electron chi connectivity index (χ1n) is 6.11. The normalized spacial score (nSPS) is 17.0. The summed E-state index contributed by atoms with van der Waals surface area (Å²) in [5.74, 6) is 0.602. The number of nitrogens with one attached hydrogen (secondary N) is 2. The molecule has 2 heterocycles. The van der Waals surface area contributed by atoms with Gasteiger partial charge in [0.2, 0.25) is 0 Å². The molecule has 2 N–H and O–H groups in total. The van der Waals surface area contributed by atoms with Crippen LogP contribution < -0.4 is 10.6 Å². The molecule has 0 atom stereocenters. The van der Waals surface area contributed by atoms with Crippen LogP contribution in [0, 0.1) is 5.92 Å². The molecule has 1 aromatic heterocycles. The van der Waals surface area contributed by atoms with Crippen molar-refractivity contribution in [2.45, 2.75) is 19.3 Å². The van der Waals surface area contributed by atoms with Crippen LogP contribution in [0.25, 0.3) is 0 Å². The van der Waals surface area contributed by atoms with Crippen molar-refractivity contribution in [1.29, 1.82) is 0 Å². The molecule has 0 radical (unpaired) electrons. The van der Waals surface area contributed by atoms with Gasteiger partial charge in [-0.2, -0.15) is 0 Å². The van der Waals surface area contributed by atoms with Crippen LogP contribution in [0.4, 0.5) is 0 Å². The van der Waals surface area contributed by atoms with Crippen molar-refractivity contribution in [3.05, 3.63) is 11.9 Å². The van der Waals surface area contributed by atoms with Crippen LogP contribution in [0.15, 0.2) is 6.20 Å². The van der Waals surface area contributed by atoms with Gasteiger partial charge in [-0.15, -0.1) is 5.10 Å². The van der Waals surface area contributed by atoms with Crippen molar-refractivity contribution in [1.82, 2.24) is 25.6 Å². The highest BCUT2D eigenvalue weighted by Crippen LogP contribution is 2.14. The summed E-state index contributed by atoms with van der Waals surface area (Å²) in [6.45, 7) is 2.92. The van der Waals surface area contributed by atoms with E-state index in [4.69, 9.17) is 0 Å². The fourth-order valence-electron chi connectivity index (χ4n) is 2.10. The minimum atomic E-state index is -0.132. The minimum absolute atomic E-state index is 0.132. The van der Waals surface area contributed by atoms with Crippen molar-refractivity contribution in [2.24, 2.45) is 13.0 Å². The Balaban J connectivity index is 1.69. The molecule has 17 heavy (non-hydrogen) atoms. The van der Waals surface area contributed by atoms with E-state index in [2.05, 4.69) is 20.9 Å². The zero-order valence-electron chi connectivity index (χ0n) is 10.1. The molecule has 0 unspecified atom stereocenters. The maximum Gasteiger partial charge on any atom is 0.273 e. The Morgan fingerprint density at radius 1 is 1.59 bits per heavy atom. The second-order valence-electron chi connectivity index (χ2n) is 4.52. The van der Waals surface area contributed by atoms with Gasteiger partial charge in [-0.25, -0.2) is 0 Å². The fourth-order valence-corrected chi connectivity index (χ4v) is 2.10. The second-order valence-corrected chi connectivity index (χ2v) is 4.52. The van der Waals surface area contributed by atoms with Gasteiger partial charge in [0.25, 0.3) is 5.91 Å². The first-order chi connectivity index (χ1) is 8.25. The van der Waals surface area contributed by atoms with Gasteiger partial charge in [-0.05, 0) is 38.3 Å². The summed E-state index contributed by atoms with van der Waals surface area (Å²) in [5, 5.41) is 13.7. The van der Waals surface area contributed by atoms with Crippen LogP contribution >= 0.6 is 0 Å². The number of aryl methyl sites for hydroxylation is 1. The minimum Gasteiger partial charge on any atom is -0.351 e. The zero-order chi connectivity index (χ0) is 12.1. The first-order valence-corrected chi connectivity index (χ1v) is 6.11. The van der Waals surface area contributed by atoms with E-state index in [0.29, 0.717) is 5.69 Å². The molecule has 0 spiro atoms. The number of carbonyl (C=O) groups excluding carboxylic acids is 1. The number of nitrogens with zero attached hydrogens (tertiary/aromatic N) is 3. The van der Waals surface area contributed by atoms with Crippen LogP contribution in [-0.4, -0.2) is 40.5 Å². The Morgan fingerprint density at radius 2 is 2.35 bits per heavy atom. The predicted molar refractivity (Wildman–Crippen MR) is 63.5 cm³/mol. The van der Waals surface area contributed by atoms with E-state index >= 15 is 0 Å². The monoisotopic (exact) mass is 237 g/mol. The number of amides is 1. The molecule has 1 aliphatic rings. The first kappa shape index (κ1) is 12.0. The molecule has 1 aliphatic heterocycles. The quantitative estimate of drug-likeness (QED) is 0.769. The van der Waals surface area contributed by atoms with Crippen molar-refractivity contribution < 1.29 is 4.79 Å². The second kappa shape index (κ2) is 5.77. The Kier molecular flexibility index (Phi) is 4.08. The summed E-state index contributed by atoms with van der Waals surface area (Å²) in [5.41, 5.74) is 0.387. The molecule has 1 amide bonds. The van der Waals surface area contributed by atoms with Gasteiger partial charge in [-0.3, -0.25) is 9.48 Å².